The number of methoxy groups -OCH3 is 2. The first-order chi connectivity index (χ1) is 10.3. The maximum absolute atomic E-state index is 11.9. The molecule has 7 nitrogen and oxygen atoms in total. The van der Waals surface area contributed by atoms with Crippen molar-refractivity contribution in [1.29, 1.82) is 0 Å². The Labute approximate surface area is 139 Å². The molecule has 0 N–H and O–H groups in total. The molecule has 0 radical (unpaired) electrons. The Bertz CT molecular complexity index is 548. The third-order valence-electron chi connectivity index (χ3n) is 3.02. The van der Waals surface area contributed by atoms with Gasteiger partial charge in [-0.25, -0.2) is 0 Å². The second-order valence-electron chi connectivity index (χ2n) is 4.26. The number of ether oxygens (including phenoxy) is 2. The van der Waals surface area contributed by atoms with Crippen molar-refractivity contribution in [3.63, 3.8) is 0 Å². The molecule has 2 atom stereocenters. The topological polar surface area (TPSA) is 95.7 Å². The second-order valence-corrected chi connectivity index (χ2v) is 5.63. The molecule has 0 aliphatic heterocycles. The zero-order chi connectivity index (χ0) is 16.9. The highest BCUT2D eigenvalue weighted by molar-refractivity contribution is 9.09. The number of hydrogen-bond donors (Lipinski definition) is 0. The van der Waals surface area contributed by atoms with Gasteiger partial charge < -0.3 is 9.47 Å². The van der Waals surface area contributed by atoms with Crippen molar-refractivity contribution < 1.29 is 24.0 Å². The highest BCUT2D eigenvalue weighted by Gasteiger charge is 2.46. The Morgan fingerprint density at radius 3 is 2.00 bits per heavy atom. The highest BCUT2D eigenvalue weighted by atomic mass is 79.9. The number of alkyl halides is 1. The first-order valence-corrected chi connectivity index (χ1v) is 7.31. The predicted octanol–water partition coefficient (Wildman–Crippen LogP) is 2.38. The van der Waals surface area contributed by atoms with Crippen molar-refractivity contribution in [2.24, 2.45) is 5.92 Å². The minimum absolute atomic E-state index is 0.378. The van der Waals surface area contributed by atoms with E-state index in [0.29, 0.717) is 10.6 Å². The molecule has 0 bridgehead atoms. The summed E-state index contributed by atoms with van der Waals surface area (Å²) in [6, 6.07) is 6.03. The Morgan fingerprint density at radius 1 is 1.18 bits per heavy atom. The summed E-state index contributed by atoms with van der Waals surface area (Å²) in [6.45, 7) is 0. The van der Waals surface area contributed by atoms with Crippen LogP contribution < -0.4 is 0 Å². The summed E-state index contributed by atoms with van der Waals surface area (Å²) >= 11 is 8.70. The molecule has 120 valence electrons. The summed E-state index contributed by atoms with van der Waals surface area (Å²) in [5.74, 6) is -4.44. The van der Waals surface area contributed by atoms with E-state index in [2.05, 4.69) is 25.4 Å². The molecule has 9 heteroatoms. The van der Waals surface area contributed by atoms with E-state index in [0.717, 1.165) is 14.2 Å². The minimum atomic E-state index is -1.48. The molecule has 0 saturated carbocycles. The maximum atomic E-state index is 11.9. The van der Waals surface area contributed by atoms with Gasteiger partial charge in [0.15, 0.2) is 5.92 Å². The van der Waals surface area contributed by atoms with Crippen LogP contribution >= 0.6 is 27.5 Å². The Morgan fingerprint density at radius 2 is 1.64 bits per heavy atom. The molecule has 0 heterocycles. The average Bonchev–Trinajstić information content (AvgIpc) is 2.51. The van der Waals surface area contributed by atoms with Crippen LogP contribution in [0.2, 0.25) is 5.02 Å². The fourth-order valence-electron chi connectivity index (χ4n) is 1.97. The Hall–Kier alpha value is -1.67. The number of benzene rings is 1. The molecule has 0 aliphatic rings. The fourth-order valence-corrected chi connectivity index (χ4v) is 2.71. The van der Waals surface area contributed by atoms with Crippen molar-refractivity contribution in [2.75, 3.05) is 14.2 Å². The van der Waals surface area contributed by atoms with Crippen molar-refractivity contribution in [2.45, 2.75) is 10.9 Å². The van der Waals surface area contributed by atoms with Gasteiger partial charge in [-0.3, -0.25) is 19.7 Å². The smallest absolute Gasteiger partial charge is 0.321 e. The number of esters is 2. The molecule has 1 aromatic carbocycles. The van der Waals surface area contributed by atoms with Gasteiger partial charge in [-0.2, -0.15) is 0 Å². The van der Waals surface area contributed by atoms with Gasteiger partial charge in [0.2, 0.25) is 0 Å². The summed E-state index contributed by atoms with van der Waals surface area (Å²) in [6.07, 6.45) is 0. The van der Waals surface area contributed by atoms with Crippen LogP contribution in [-0.4, -0.2) is 36.0 Å². The molecular formula is C13H13BrClNO6. The predicted molar refractivity (Wildman–Crippen MR) is 81.4 cm³/mol. The van der Waals surface area contributed by atoms with Crippen LogP contribution in [-0.2, 0) is 19.1 Å². The number of halogens is 2. The third kappa shape index (κ3) is 4.17. The normalized spacial score (nSPS) is 13.3. The molecule has 0 saturated heterocycles. The zero-order valence-electron chi connectivity index (χ0n) is 11.7. The summed E-state index contributed by atoms with van der Waals surface area (Å²) in [4.78, 5) is 33.0. The van der Waals surface area contributed by atoms with Crippen LogP contribution in [0.4, 0.5) is 0 Å². The van der Waals surface area contributed by atoms with Crippen molar-refractivity contribution in [1.82, 2.24) is 0 Å². The molecule has 0 aliphatic carbocycles. The van der Waals surface area contributed by atoms with Gasteiger partial charge in [0.25, 0.3) is 4.95 Å². The highest BCUT2D eigenvalue weighted by Crippen LogP contribution is 2.35. The summed E-state index contributed by atoms with van der Waals surface area (Å²) in [7, 11) is 2.18. The monoisotopic (exact) mass is 393 g/mol. The van der Waals surface area contributed by atoms with E-state index in [9.17, 15) is 19.7 Å². The van der Waals surface area contributed by atoms with Crippen molar-refractivity contribution in [3.05, 3.63) is 45.0 Å². The van der Waals surface area contributed by atoms with E-state index < -0.39 is 33.6 Å². The molecular weight excluding hydrogens is 382 g/mol. The first kappa shape index (κ1) is 18.4. The Kier molecular flexibility index (Phi) is 6.76. The SMILES string of the molecule is COC(=O)C(C(=O)OC)C(c1ccc(Cl)cc1)C(Br)[N+](=O)[O-]. The van der Waals surface area contributed by atoms with Gasteiger partial charge in [0, 0.05) is 9.95 Å². The quantitative estimate of drug-likeness (QED) is 0.184. The number of carbonyl (C=O) groups is 2. The van der Waals surface area contributed by atoms with Crippen molar-refractivity contribution >= 4 is 39.5 Å². The molecule has 22 heavy (non-hydrogen) atoms. The van der Waals surface area contributed by atoms with Crippen LogP contribution in [0.3, 0.4) is 0 Å². The lowest BCUT2D eigenvalue weighted by Crippen LogP contribution is -2.38. The van der Waals surface area contributed by atoms with E-state index in [1.165, 1.54) is 24.3 Å². The van der Waals surface area contributed by atoms with E-state index in [4.69, 9.17) is 11.6 Å². The lowest BCUT2D eigenvalue weighted by molar-refractivity contribution is -0.497. The number of rotatable bonds is 6. The zero-order valence-corrected chi connectivity index (χ0v) is 14.0. The molecule has 2 unspecified atom stereocenters. The maximum Gasteiger partial charge on any atom is 0.321 e. The minimum Gasteiger partial charge on any atom is -0.468 e. The number of nitrogens with zero attached hydrogens (tertiary/aromatic N) is 1. The van der Waals surface area contributed by atoms with Gasteiger partial charge in [-0.05, 0) is 33.6 Å². The van der Waals surface area contributed by atoms with Crippen molar-refractivity contribution in [3.8, 4) is 0 Å². The van der Waals surface area contributed by atoms with Crippen LogP contribution in [0.5, 0.6) is 0 Å². The number of nitro groups is 1. The molecule has 0 aromatic heterocycles. The molecule has 0 fully saturated rings. The van der Waals surface area contributed by atoms with Crippen LogP contribution in [0.15, 0.2) is 24.3 Å². The molecule has 0 spiro atoms. The molecule has 0 amide bonds. The van der Waals surface area contributed by atoms with Gasteiger partial charge in [0.05, 0.1) is 20.1 Å². The molecule has 1 aromatic rings. The fraction of sp³-hybridized carbons (Fsp3) is 0.385. The lowest BCUT2D eigenvalue weighted by Gasteiger charge is -2.23. The van der Waals surface area contributed by atoms with Crippen LogP contribution in [0, 0.1) is 16.0 Å². The van der Waals surface area contributed by atoms with Crippen LogP contribution in [0.1, 0.15) is 11.5 Å². The van der Waals surface area contributed by atoms with Gasteiger partial charge in [-0.15, -0.1) is 0 Å². The molecule has 1 rings (SSSR count). The van der Waals surface area contributed by atoms with E-state index in [1.54, 1.807) is 0 Å². The van der Waals surface area contributed by atoms with Gasteiger partial charge in [0.1, 0.15) is 0 Å². The third-order valence-corrected chi connectivity index (χ3v) is 4.18. The Balaban J connectivity index is 3.39. The van der Waals surface area contributed by atoms with Gasteiger partial charge in [-0.1, -0.05) is 23.7 Å². The summed E-state index contributed by atoms with van der Waals surface area (Å²) < 4.78 is 9.16. The first-order valence-electron chi connectivity index (χ1n) is 6.02. The summed E-state index contributed by atoms with van der Waals surface area (Å²) in [5, 5.41) is 11.6. The lowest BCUT2D eigenvalue weighted by atomic mass is 9.85. The summed E-state index contributed by atoms with van der Waals surface area (Å²) in [5.41, 5.74) is 0.378. The number of carbonyl (C=O) groups excluding carboxylic acids is 2. The van der Waals surface area contributed by atoms with E-state index in [1.807, 2.05) is 0 Å². The van der Waals surface area contributed by atoms with Crippen LogP contribution in [0.25, 0.3) is 0 Å². The number of hydrogen-bond acceptors (Lipinski definition) is 6. The van der Waals surface area contributed by atoms with E-state index in [-0.39, 0.29) is 0 Å². The second kappa shape index (κ2) is 8.09. The standard InChI is InChI=1S/C13H13BrClNO6/c1-21-12(17)10(13(18)22-2)9(11(14)16(19)20)7-3-5-8(15)6-4-7/h3-6,9-11H,1-2H3. The largest absolute Gasteiger partial charge is 0.468 e. The van der Waals surface area contributed by atoms with Gasteiger partial charge >= 0.3 is 11.9 Å². The van der Waals surface area contributed by atoms with E-state index >= 15 is 0 Å². The average molecular weight is 395 g/mol.